The van der Waals surface area contributed by atoms with Crippen LogP contribution in [0.4, 0.5) is 11.4 Å². The number of nitrogens with one attached hydrogen (secondary N) is 1. The van der Waals surface area contributed by atoms with Gasteiger partial charge in [-0.05, 0) is 91.7 Å². The van der Waals surface area contributed by atoms with E-state index in [0.717, 1.165) is 33.9 Å². The molecule has 0 unspecified atom stereocenters. The summed E-state index contributed by atoms with van der Waals surface area (Å²) in [5.41, 5.74) is 16.6. The third-order valence-electron chi connectivity index (χ3n) is 10.0. The first-order chi connectivity index (χ1) is 22.8. The normalized spacial score (nSPS) is 13.8. The molecule has 2 heterocycles. The highest BCUT2D eigenvalue weighted by Crippen LogP contribution is 2.48. The summed E-state index contributed by atoms with van der Waals surface area (Å²) in [5, 5.41) is 3.77. The first kappa shape index (κ1) is 31.6. The summed E-state index contributed by atoms with van der Waals surface area (Å²) in [6.07, 6.45) is 0. The van der Waals surface area contributed by atoms with Crippen LogP contribution >= 0.6 is 0 Å². The fourth-order valence-electron chi connectivity index (χ4n) is 7.02. The van der Waals surface area contributed by atoms with Crippen molar-refractivity contribution in [2.75, 3.05) is 5.32 Å². The molecular formula is C46H46N2. The molecule has 0 spiro atoms. The molecule has 1 aliphatic rings. The van der Waals surface area contributed by atoms with E-state index in [9.17, 15) is 0 Å². The average molecular weight is 627 g/mol. The quantitative estimate of drug-likeness (QED) is 0.211. The lowest BCUT2D eigenvalue weighted by Crippen LogP contribution is -2.26. The molecule has 0 saturated carbocycles. The van der Waals surface area contributed by atoms with E-state index in [4.69, 9.17) is 4.98 Å². The van der Waals surface area contributed by atoms with Gasteiger partial charge < -0.3 is 5.32 Å². The molecule has 0 aliphatic carbocycles. The van der Waals surface area contributed by atoms with Crippen molar-refractivity contribution in [2.45, 2.75) is 71.6 Å². The Morgan fingerprint density at radius 3 is 1.56 bits per heavy atom. The maximum absolute atomic E-state index is 5.35. The Morgan fingerprint density at radius 1 is 0.479 bits per heavy atom. The zero-order chi connectivity index (χ0) is 33.8. The highest BCUT2D eigenvalue weighted by Gasteiger charge is 2.33. The Morgan fingerprint density at radius 2 is 0.979 bits per heavy atom. The van der Waals surface area contributed by atoms with Crippen molar-refractivity contribution in [3.63, 3.8) is 0 Å². The van der Waals surface area contributed by atoms with Crippen molar-refractivity contribution in [1.29, 1.82) is 0 Å². The summed E-state index contributed by atoms with van der Waals surface area (Å²) in [6.45, 7) is 18.2. The van der Waals surface area contributed by atoms with E-state index < -0.39 is 0 Å². The minimum absolute atomic E-state index is 0.105. The largest absolute Gasteiger partial charge is 0.354 e. The van der Waals surface area contributed by atoms with Gasteiger partial charge in [-0.25, -0.2) is 4.98 Å². The van der Waals surface area contributed by atoms with Crippen LogP contribution in [0, 0.1) is 0 Å². The van der Waals surface area contributed by atoms with E-state index >= 15 is 0 Å². The van der Waals surface area contributed by atoms with Gasteiger partial charge in [-0.1, -0.05) is 146 Å². The van der Waals surface area contributed by atoms with Gasteiger partial charge in [-0.15, -0.1) is 0 Å². The van der Waals surface area contributed by atoms with Crippen LogP contribution in [0.15, 0.2) is 127 Å². The predicted octanol–water partition coefficient (Wildman–Crippen LogP) is 12.7. The molecule has 0 amide bonds. The van der Waals surface area contributed by atoms with Crippen molar-refractivity contribution >= 4 is 11.4 Å². The Kier molecular flexibility index (Phi) is 7.67. The molecule has 1 N–H and O–H groups in total. The lowest BCUT2D eigenvalue weighted by atomic mass is 9.73. The molecule has 0 saturated heterocycles. The van der Waals surface area contributed by atoms with E-state index in [-0.39, 0.29) is 16.2 Å². The van der Waals surface area contributed by atoms with E-state index in [1.165, 1.54) is 44.5 Å². The summed E-state index contributed by atoms with van der Waals surface area (Å²) in [4.78, 5) is 5.35. The van der Waals surface area contributed by atoms with Gasteiger partial charge in [0.2, 0.25) is 0 Å². The molecule has 0 atom stereocenters. The van der Waals surface area contributed by atoms with Gasteiger partial charge in [-0.2, -0.15) is 0 Å². The molecule has 240 valence electrons. The third-order valence-corrected chi connectivity index (χ3v) is 10.0. The summed E-state index contributed by atoms with van der Waals surface area (Å²) in [5.74, 6) is 0. The zero-order valence-corrected chi connectivity index (χ0v) is 29.6. The molecule has 7 rings (SSSR count). The van der Waals surface area contributed by atoms with Gasteiger partial charge in [0.05, 0.1) is 17.1 Å². The Labute approximate surface area is 286 Å². The highest BCUT2D eigenvalue weighted by atomic mass is 14.9. The molecule has 0 bridgehead atoms. The Bertz CT molecular complexity index is 2040. The molecule has 2 nitrogen and oxygen atoms in total. The molecule has 1 aromatic heterocycles. The second kappa shape index (κ2) is 11.6. The number of aromatic nitrogens is 1. The van der Waals surface area contributed by atoms with E-state index in [2.05, 4.69) is 188 Å². The van der Waals surface area contributed by atoms with Gasteiger partial charge in [-0.3, -0.25) is 0 Å². The molecule has 2 heteroatoms. The number of nitrogens with zero attached hydrogens (tertiary/aromatic N) is 1. The standard InChI is InChI=1S/C46H46N2/c1-44(2,3)35-23-19-30(20-24-35)32-27-33(31-21-25-36(26-22-31)45(4,5)6)29-34(28-32)40-17-12-18-41(47-40)37-13-11-15-39-43(37)48-42-16-10-9-14-38(42)46(39,7)8/h9-29,48H,1-8H3. The first-order valence-electron chi connectivity index (χ1n) is 17.1. The van der Waals surface area contributed by atoms with E-state index in [1.54, 1.807) is 0 Å². The first-order valence-corrected chi connectivity index (χ1v) is 17.1. The number of pyridine rings is 1. The van der Waals surface area contributed by atoms with Crippen LogP contribution in [0.1, 0.15) is 77.6 Å². The number of anilines is 2. The minimum atomic E-state index is -0.126. The Balaban J connectivity index is 1.35. The van der Waals surface area contributed by atoms with Crippen molar-refractivity contribution in [1.82, 2.24) is 4.98 Å². The summed E-state index contributed by atoms with van der Waals surface area (Å²) in [6, 6.07) is 46.7. The smallest absolute Gasteiger partial charge is 0.0730 e. The predicted molar refractivity (Wildman–Crippen MR) is 205 cm³/mol. The van der Waals surface area contributed by atoms with Crippen LogP contribution in [0.3, 0.4) is 0 Å². The van der Waals surface area contributed by atoms with Gasteiger partial charge in [0, 0.05) is 22.2 Å². The topological polar surface area (TPSA) is 24.9 Å². The summed E-state index contributed by atoms with van der Waals surface area (Å²) < 4.78 is 0. The second-order valence-electron chi connectivity index (χ2n) is 15.9. The molecular weight excluding hydrogens is 581 g/mol. The number of benzene rings is 5. The molecule has 0 fully saturated rings. The van der Waals surface area contributed by atoms with Crippen molar-refractivity contribution in [3.05, 3.63) is 150 Å². The molecule has 1 aliphatic heterocycles. The average Bonchev–Trinajstić information content (AvgIpc) is 3.07. The van der Waals surface area contributed by atoms with Gasteiger partial charge in [0.15, 0.2) is 0 Å². The fraction of sp³-hybridized carbons (Fsp3) is 0.239. The molecule has 5 aromatic carbocycles. The van der Waals surface area contributed by atoms with Crippen LogP contribution in [-0.2, 0) is 16.2 Å². The monoisotopic (exact) mass is 626 g/mol. The SMILES string of the molecule is CC(C)(C)c1ccc(-c2cc(-c3ccc(C(C)(C)C)cc3)cc(-c3cccc(-c4cccc5c4Nc4ccccc4C5(C)C)n3)c2)cc1. The maximum Gasteiger partial charge on any atom is 0.0730 e. The van der Waals surface area contributed by atoms with Gasteiger partial charge in [0.1, 0.15) is 0 Å². The molecule has 48 heavy (non-hydrogen) atoms. The molecule has 6 aromatic rings. The van der Waals surface area contributed by atoms with Gasteiger partial charge in [0.25, 0.3) is 0 Å². The lowest BCUT2D eigenvalue weighted by Gasteiger charge is -2.36. The number of hydrogen-bond acceptors (Lipinski definition) is 2. The minimum Gasteiger partial charge on any atom is -0.354 e. The van der Waals surface area contributed by atoms with Crippen molar-refractivity contribution < 1.29 is 0 Å². The zero-order valence-electron chi connectivity index (χ0n) is 29.6. The lowest BCUT2D eigenvalue weighted by molar-refractivity contribution is 0.590. The maximum atomic E-state index is 5.35. The number of hydrogen-bond donors (Lipinski definition) is 1. The van der Waals surface area contributed by atoms with E-state index in [1.807, 2.05) is 0 Å². The van der Waals surface area contributed by atoms with E-state index in [0.29, 0.717) is 0 Å². The summed E-state index contributed by atoms with van der Waals surface area (Å²) in [7, 11) is 0. The van der Waals surface area contributed by atoms with Crippen LogP contribution in [0.2, 0.25) is 0 Å². The molecule has 0 radical (unpaired) electrons. The summed E-state index contributed by atoms with van der Waals surface area (Å²) >= 11 is 0. The number of para-hydroxylation sites is 2. The van der Waals surface area contributed by atoms with Crippen LogP contribution in [0.5, 0.6) is 0 Å². The number of fused-ring (bicyclic) bond motifs is 2. The van der Waals surface area contributed by atoms with Crippen LogP contribution in [-0.4, -0.2) is 4.98 Å². The third kappa shape index (κ3) is 5.85. The fourth-order valence-corrected chi connectivity index (χ4v) is 7.02. The van der Waals surface area contributed by atoms with Crippen LogP contribution < -0.4 is 5.32 Å². The highest BCUT2D eigenvalue weighted by molar-refractivity contribution is 5.88. The second-order valence-corrected chi connectivity index (χ2v) is 15.9. The number of rotatable bonds is 4. The van der Waals surface area contributed by atoms with Crippen molar-refractivity contribution in [3.8, 4) is 44.8 Å². The van der Waals surface area contributed by atoms with Crippen molar-refractivity contribution in [2.24, 2.45) is 0 Å². The van der Waals surface area contributed by atoms with Gasteiger partial charge >= 0.3 is 0 Å². The van der Waals surface area contributed by atoms with Crippen LogP contribution in [0.25, 0.3) is 44.8 Å². The Hall–Kier alpha value is -4.95.